The van der Waals surface area contributed by atoms with Crippen molar-refractivity contribution >= 4 is 21.7 Å². The summed E-state index contributed by atoms with van der Waals surface area (Å²) >= 11 is 3.52. The van der Waals surface area contributed by atoms with E-state index >= 15 is 0 Å². The van der Waals surface area contributed by atoms with Crippen LogP contribution in [0, 0.1) is 13.8 Å². The summed E-state index contributed by atoms with van der Waals surface area (Å²) in [5.74, 6) is 3.17. The molecule has 2 aromatic rings. The van der Waals surface area contributed by atoms with Gasteiger partial charge in [0, 0.05) is 31.4 Å². The molecular weight excluding hydrogens is 318 g/mol. The van der Waals surface area contributed by atoms with E-state index in [4.69, 9.17) is 0 Å². The molecule has 1 N–H and O–H groups in total. The second kappa shape index (κ2) is 6.35. The Balaban J connectivity index is 2.01. The minimum Gasteiger partial charge on any atom is -0.367 e. The Morgan fingerprint density at radius 1 is 1.30 bits per heavy atom. The molecule has 0 saturated heterocycles. The fraction of sp³-hybridized carbons (Fsp3) is 0.500. The maximum absolute atomic E-state index is 4.42. The van der Waals surface area contributed by atoms with Crippen LogP contribution in [0.3, 0.4) is 0 Å². The van der Waals surface area contributed by atoms with Crippen LogP contribution in [0.4, 0.5) is 5.82 Å². The largest absolute Gasteiger partial charge is 0.367 e. The standard InChI is InChI=1S/C14H20BrN5/c1-9(2)14-17-6-8-20(14)7-5-16-13-12(15)10(3)18-11(4)19-13/h6,8-9H,5,7H2,1-4H3,(H,16,18,19). The average Bonchev–Trinajstić information content (AvgIpc) is 2.83. The van der Waals surface area contributed by atoms with Crippen molar-refractivity contribution in [2.75, 3.05) is 11.9 Å². The lowest BCUT2D eigenvalue weighted by Gasteiger charge is -2.13. The zero-order chi connectivity index (χ0) is 14.7. The van der Waals surface area contributed by atoms with E-state index in [9.17, 15) is 0 Å². The number of halogens is 1. The van der Waals surface area contributed by atoms with E-state index in [0.29, 0.717) is 5.92 Å². The van der Waals surface area contributed by atoms with Gasteiger partial charge in [-0.3, -0.25) is 0 Å². The van der Waals surface area contributed by atoms with Gasteiger partial charge in [-0.1, -0.05) is 13.8 Å². The number of aromatic nitrogens is 4. The number of anilines is 1. The van der Waals surface area contributed by atoms with Crippen LogP contribution >= 0.6 is 15.9 Å². The van der Waals surface area contributed by atoms with E-state index in [1.807, 2.05) is 26.2 Å². The molecule has 6 heteroatoms. The lowest BCUT2D eigenvalue weighted by molar-refractivity contribution is 0.636. The van der Waals surface area contributed by atoms with Gasteiger partial charge < -0.3 is 9.88 Å². The van der Waals surface area contributed by atoms with Gasteiger partial charge in [-0.15, -0.1) is 0 Å². The van der Waals surface area contributed by atoms with Crippen molar-refractivity contribution in [3.05, 3.63) is 34.2 Å². The highest BCUT2D eigenvalue weighted by molar-refractivity contribution is 9.10. The van der Waals surface area contributed by atoms with Gasteiger partial charge >= 0.3 is 0 Å². The molecule has 2 heterocycles. The van der Waals surface area contributed by atoms with E-state index in [-0.39, 0.29) is 0 Å². The zero-order valence-electron chi connectivity index (χ0n) is 12.3. The van der Waals surface area contributed by atoms with Gasteiger partial charge in [0.15, 0.2) is 0 Å². The Hall–Kier alpha value is -1.43. The quantitative estimate of drug-likeness (QED) is 0.909. The first-order valence-corrected chi connectivity index (χ1v) is 7.54. The van der Waals surface area contributed by atoms with Gasteiger partial charge in [-0.05, 0) is 29.8 Å². The predicted molar refractivity (Wildman–Crippen MR) is 84.0 cm³/mol. The second-order valence-corrected chi connectivity index (χ2v) is 5.87. The van der Waals surface area contributed by atoms with Gasteiger partial charge in [-0.25, -0.2) is 15.0 Å². The third-order valence-electron chi connectivity index (χ3n) is 3.04. The molecule has 5 nitrogen and oxygen atoms in total. The van der Waals surface area contributed by atoms with E-state index in [0.717, 1.165) is 40.7 Å². The van der Waals surface area contributed by atoms with Gasteiger partial charge in [0.2, 0.25) is 0 Å². The second-order valence-electron chi connectivity index (χ2n) is 5.08. The van der Waals surface area contributed by atoms with Crippen molar-refractivity contribution in [3.8, 4) is 0 Å². The number of hydrogen-bond donors (Lipinski definition) is 1. The first-order chi connectivity index (χ1) is 9.49. The molecule has 2 aromatic heterocycles. The minimum absolute atomic E-state index is 0.431. The number of hydrogen-bond acceptors (Lipinski definition) is 4. The Labute approximate surface area is 128 Å². The van der Waals surface area contributed by atoms with Crippen LogP contribution in [0.1, 0.15) is 37.1 Å². The summed E-state index contributed by atoms with van der Waals surface area (Å²) < 4.78 is 3.10. The molecule has 0 spiro atoms. The third kappa shape index (κ3) is 3.36. The summed E-state index contributed by atoms with van der Waals surface area (Å²) in [5.41, 5.74) is 0.950. The predicted octanol–water partition coefficient (Wildman–Crippen LogP) is 3.29. The maximum atomic E-state index is 4.42. The highest BCUT2D eigenvalue weighted by Gasteiger charge is 2.09. The summed E-state index contributed by atoms with van der Waals surface area (Å²) in [4.78, 5) is 13.1. The zero-order valence-corrected chi connectivity index (χ0v) is 13.9. The molecule has 0 radical (unpaired) electrons. The first-order valence-electron chi connectivity index (χ1n) is 6.74. The van der Waals surface area contributed by atoms with Crippen molar-refractivity contribution in [2.45, 2.75) is 40.2 Å². The third-order valence-corrected chi connectivity index (χ3v) is 3.99. The summed E-state index contributed by atoms with van der Waals surface area (Å²) in [6.07, 6.45) is 3.87. The van der Waals surface area contributed by atoms with Crippen LogP contribution in [0.25, 0.3) is 0 Å². The maximum Gasteiger partial charge on any atom is 0.144 e. The number of nitrogens with one attached hydrogen (secondary N) is 1. The Morgan fingerprint density at radius 3 is 2.75 bits per heavy atom. The van der Waals surface area contributed by atoms with Gasteiger partial charge in [-0.2, -0.15) is 0 Å². The molecule has 0 aromatic carbocycles. The highest BCUT2D eigenvalue weighted by Crippen LogP contribution is 2.22. The van der Waals surface area contributed by atoms with E-state index in [1.54, 1.807) is 0 Å². The summed E-state index contributed by atoms with van der Waals surface area (Å²) in [7, 11) is 0. The van der Waals surface area contributed by atoms with Gasteiger partial charge in [0.1, 0.15) is 17.5 Å². The van der Waals surface area contributed by atoms with Crippen LogP contribution in [0.2, 0.25) is 0 Å². The molecule has 0 amide bonds. The summed E-state index contributed by atoms with van der Waals surface area (Å²) in [5, 5.41) is 3.35. The minimum atomic E-state index is 0.431. The summed E-state index contributed by atoms with van der Waals surface area (Å²) in [6, 6.07) is 0. The lowest BCUT2D eigenvalue weighted by atomic mass is 10.2. The fourth-order valence-corrected chi connectivity index (χ4v) is 2.44. The fourth-order valence-electron chi connectivity index (χ4n) is 2.12. The van der Waals surface area contributed by atoms with Crippen LogP contribution in [0.5, 0.6) is 0 Å². The van der Waals surface area contributed by atoms with E-state index < -0.39 is 0 Å². The summed E-state index contributed by atoms with van der Waals surface area (Å²) in [6.45, 7) is 9.83. The molecule has 108 valence electrons. The van der Waals surface area contributed by atoms with Crippen molar-refractivity contribution in [1.29, 1.82) is 0 Å². The molecule has 0 fully saturated rings. The molecule has 0 aliphatic rings. The van der Waals surface area contributed by atoms with Crippen molar-refractivity contribution in [3.63, 3.8) is 0 Å². The number of nitrogens with zero attached hydrogens (tertiary/aromatic N) is 4. The smallest absolute Gasteiger partial charge is 0.144 e. The molecule has 0 atom stereocenters. The SMILES string of the molecule is Cc1nc(C)c(Br)c(NCCn2ccnc2C(C)C)n1. The number of aryl methyl sites for hydroxylation is 2. The van der Waals surface area contributed by atoms with E-state index in [2.05, 4.69) is 54.6 Å². The Bertz CT molecular complexity index is 591. The van der Waals surface area contributed by atoms with Crippen LogP contribution in [-0.2, 0) is 6.54 Å². The van der Waals surface area contributed by atoms with E-state index in [1.165, 1.54) is 0 Å². The number of imidazole rings is 1. The van der Waals surface area contributed by atoms with Gasteiger partial charge in [0.25, 0.3) is 0 Å². The molecular formula is C14H20BrN5. The molecule has 0 aliphatic carbocycles. The number of rotatable bonds is 5. The molecule has 20 heavy (non-hydrogen) atoms. The highest BCUT2D eigenvalue weighted by atomic mass is 79.9. The monoisotopic (exact) mass is 337 g/mol. The molecule has 0 unspecified atom stereocenters. The molecule has 0 bridgehead atoms. The molecule has 0 aliphatic heterocycles. The van der Waals surface area contributed by atoms with Gasteiger partial charge in [0.05, 0.1) is 10.2 Å². The normalized spacial score (nSPS) is 11.1. The first kappa shape index (κ1) is 15.0. The van der Waals surface area contributed by atoms with Crippen molar-refractivity contribution < 1.29 is 0 Å². The van der Waals surface area contributed by atoms with Crippen molar-refractivity contribution in [2.24, 2.45) is 0 Å². The topological polar surface area (TPSA) is 55.6 Å². The average molecular weight is 338 g/mol. The van der Waals surface area contributed by atoms with Crippen LogP contribution in [0.15, 0.2) is 16.9 Å². The van der Waals surface area contributed by atoms with Crippen LogP contribution in [-0.4, -0.2) is 26.1 Å². The van der Waals surface area contributed by atoms with Crippen molar-refractivity contribution in [1.82, 2.24) is 19.5 Å². The Kier molecular flexibility index (Phi) is 4.75. The lowest BCUT2D eigenvalue weighted by Crippen LogP contribution is -2.14. The van der Waals surface area contributed by atoms with Crippen LogP contribution < -0.4 is 5.32 Å². The Morgan fingerprint density at radius 2 is 2.05 bits per heavy atom. The molecule has 0 saturated carbocycles. The molecule has 2 rings (SSSR count).